The molecule has 0 aliphatic rings. The maximum atomic E-state index is 9.92. The van der Waals surface area contributed by atoms with E-state index in [1.807, 2.05) is 0 Å². The lowest BCUT2D eigenvalue weighted by Gasteiger charge is -1.96. The van der Waals surface area contributed by atoms with E-state index in [9.17, 15) is 4.57 Å². The van der Waals surface area contributed by atoms with Crippen molar-refractivity contribution in [3.05, 3.63) is 0 Å². The Morgan fingerprint density at radius 2 is 2.17 bits per heavy atom. The first-order valence-electron chi connectivity index (χ1n) is 1.42. The zero-order valence-corrected chi connectivity index (χ0v) is 4.61. The standard InChI is InChI=1S/CH6BO3P/c1-5-6(2,3)4/h2H2,1H3,(H,3,4). The average molecular weight is 108 g/mol. The van der Waals surface area contributed by atoms with Crippen LogP contribution in [0.3, 0.4) is 0 Å². The van der Waals surface area contributed by atoms with E-state index in [1.165, 1.54) is 7.11 Å². The maximum absolute atomic E-state index is 9.92. The van der Waals surface area contributed by atoms with Crippen LogP contribution in [0.5, 0.6) is 0 Å². The number of hydrogen-bond donors (Lipinski definition) is 1. The topological polar surface area (TPSA) is 46.5 Å². The molecule has 6 heavy (non-hydrogen) atoms. The molecule has 0 saturated carbocycles. The van der Waals surface area contributed by atoms with Crippen LogP contribution in [0.15, 0.2) is 0 Å². The van der Waals surface area contributed by atoms with Crippen molar-refractivity contribution in [3.8, 4) is 0 Å². The molecule has 0 aliphatic carbocycles. The van der Waals surface area contributed by atoms with Crippen molar-refractivity contribution in [1.82, 2.24) is 0 Å². The van der Waals surface area contributed by atoms with Gasteiger partial charge in [-0.15, -0.1) is 0 Å². The lowest BCUT2D eigenvalue weighted by Crippen LogP contribution is -1.77. The van der Waals surface area contributed by atoms with Crippen LogP contribution < -0.4 is 0 Å². The van der Waals surface area contributed by atoms with Crippen molar-refractivity contribution in [2.45, 2.75) is 0 Å². The molecule has 5 heteroatoms. The van der Waals surface area contributed by atoms with Gasteiger partial charge in [0.25, 0.3) is 15.0 Å². The summed E-state index contributed by atoms with van der Waals surface area (Å²) in [6, 6.07) is 0. The van der Waals surface area contributed by atoms with E-state index in [1.54, 1.807) is 0 Å². The van der Waals surface area contributed by atoms with Gasteiger partial charge in [0.2, 0.25) is 0 Å². The second kappa shape index (κ2) is 1.78. The van der Waals surface area contributed by atoms with Crippen LogP contribution in [0.1, 0.15) is 0 Å². The molecule has 0 saturated heterocycles. The van der Waals surface area contributed by atoms with Crippen LogP contribution in [-0.4, -0.2) is 19.6 Å². The van der Waals surface area contributed by atoms with Crippen LogP contribution in [0.4, 0.5) is 0 Å². The minimum Gasteiger partial charge on any atom is -0.333 e. The summed E-state index contributed by atoms with van der Waals surface area (Å²) in [7, 11) is -0.819. The Morgan fingerprint density at radius 3 is 2.17 bits per heavy atom. The van der Waals surface area contributed by atoms with Crippen molar-refractivity contribution in [2.24, 2.45) is 0 Å². The molecule has 36 valence electrons. The molecule has 3 nitrogen and oxygen atoms in total. The highest BCUT2D eigenvalue weighted by atomic mass is 31.2. The minimum atomic E-state index is -3.15. The smallest absolute Gasteiger partial charge is 0.267 e. The van der Waals surface area contributed by atoms with Gasteiger partial charge in [-0.05, 0) is 0 Å². The third-order valence-electron chi connectivity index (χ3n) is 0.339. The molecule has 0 aromatic rings. The number of rotatable bonds is 1. The summed E-state index contributed by atoms with van der Waals surface area (Å²) in [5.74, 6) is 0. The first kappa shape index (κ1) is 6.21. The predicted molar refractivity (Wildman–Crippen MR) is 25.4 cm³/mol. The van der Waals surface area contributed by atoms with Gasteiger partial charge in [-0.25, -0.2) is 0 Å². The van der Waals surface area contributed by atoms with Gasteiger partial charge in [-0.2, -0.15) is 0 Å². The molecule has 0 heterocycles. The summed E-state index contributed by atoms with van der Waals surface area (Å²) in [4.78, 5) is 8.16. The van der Waals surface area contributed by atoms with Crippen LogP contribution in [0.2, 0.25) is 0 Å². The average Bonchev–Trinajstić information content (AvgIpc) is 1.35. The molecule has 1 atom stereocenters. The third-order valence-corrected chi connectivity index (χ3v) is 1.02. The highest BCUT2D eigenvalue weighted by molar-refractivity contribution is 7.78. The van der Waals surface area contributed by atoms with Gasteiger partial charge in [0.15, 0.2) is 0 Å². The fraction of sp³-hybridized carbons (Fsp3) is 1.00. The Hall–Kier alpha value is 0.215. The van der Waals surface area contributed by atoms with E-state index in [0.717, 1.165) is 7.57 Å². The van der Waals surface area contributed by atoms with Crippen molar-refractivity contribution >= 4 is 15.0 Å². The van der Waals surface area contributed by atoms with Gasteiger partial charge in [0, 0.05) is 7.11 Å². The Bertz CT molecular complexity index is 74.9. The molecule has 0 aliphatic heterocycles. The monoisotopic (exact) mass is 108 g/mol. The van der Waals surface area contributed by atoms with Crippen LogP contribution in [0.25, 0.3) is 0 Å². The molecule has 0 amide bonds. The second-order valence-corrected chi connectivity index (χ2v) is 2.96. The first-order valence-corrected chi connectivity index (χ1v) is 3.45. The van der Waals surface area contributed by atoms with Gasteiger partial charge in [0.1, 0.15) is 0 Å². The lowest BCUT2D eigenvalue weighted by atomic mass is 10.8. The largest absolute Gasteiger partial charge is 0.333 e. The zero-order chi connectivity index (χ0) is 5.21. The summed E-state index contributed by atoms with van der Waals surface area (Å²) < 4.78 is 14.0. The van der Waals surface area contributed by atoms with Crippen LogP contribution in [-0.2, 0) is 9.09 Å². The number of hydrogen-bond acceptors (Lipinski definition) is 2. The Labute approximate surface area is 37.2 Å². The van der Waals surface area contributed by atoms with Crippen LogP contribution >= 0.6 is 7.47 Å². The molecule has 0 aromatic carbocycles. The Kier molecular flexibility index (Phi) is 1.84. The van der Waals surface area contributed by atoms with Gasteiger partial charge >= 0.3 is 0 Å². The maximum Gasteiger partial charge on any atom is 0.267 e. The summed E-state index contributed by atoms with van der Waals surface area (Å²) in [6.45, 7) is 0. The molecule has 0 radical (unpaired) electrons. The molecule has 1 N–H and O–H groups in total. The fourth-order valence-electron chi connectivity index (χ4n) is 0. The highest BCUT2D eigenvalue weighted by Gasteiger charge is 2.02. The molecule has 0 spiro atoms. The molecule has 0 bridgehead atoms. The molecular weight excluding hydrogens is 102 g/mol. The van der Waals surface area contributed by atoms with Crippen molar-refractivity contribution < 1.29 is 14.0 Å². The first-order chi connectivity index (χ1) is 2.56. The van der Waals surface area contributed by atoms with Crippen molar-refractivity contribution in [1.29, 1.82) is 0 Å². The van der Waals surface area contributed by atoms with Crippen molar-refractivity contribution in [3.63, 3.8) is 0 Å². The molecule has 0 aromatic heterocycles. The van der Waals surface area contributed by atoms with Crippen molar-refractivity contribution in [2.75, 3.05) is 7.11 Å². The van der Waals surface area contributed by atoms with Gasteiger partial charge < -0.3 is 9.42 Å². The molecule has 1 unspecified atom stereocenters. The normalized spacial score (nSPS) is 19.7. The molecule has 0 rings (SSSR count). The summed E-state index contributed by atoms with van der Waals surface area (Å²) in [5.41, 5.74) is 0. The molecule has 0 fully saturated rings. The highest BCUT2D eigenvalue weighted by Crippen LogP contribution is 2.32. The van der Waals surface area contributed by atoms with Gasteiger partial charge in [0.05, 0.1) is 0 Å². The Balaban J connectivity index is 3.48. The van der Waals surface area contributed by atoms with E-state index in [2.05, 4.69) is 4.52 Å². The quantitative estimate of drug-likeness (QED) is 0.359. The van der Waals surface area contributed by atoms with E-state index in [4.69, 9.17) is 4.89 Å². The van der Waals surface area contributed by atoms with E-state index in [0.29, 0.717) is 0 Å². The van der Waals surface area contributed by atoms with Gasteiger partial charge in [-0.3, -0.25) is 4.57 Å². The van der Waals surface area contributed by atoms with Gasteiger partial charge in [-0.1, -0.05) is 0 Å². The fourth-order valence-corrected chi connectivity index (χ4v) is 0. The van der Waals surface area contributed by atoms with E-state index in [-0.39, 0.29) is 0 Å². The zero-order valence-electron chi connectivity index (χ0n) is 3.71. The summed E-state index contributed by atoms with van der Waals surface area (Å²) in [6.07, 6.45) is 0. The Morgan fingerprint density at radius 1 is 2.00 bits per heavy atom. The predicted octanol–water partition coefficient (Wildman–Crippen LogP) is -0.634. The third kappa shape index (κ3) is 4.21. The van der Waals surface area contributed by atoms with E-state index >= 15 is 0 Å². The second-order valence-electron chi connectivity index (χ2n) is 0.986. The minimum absolute atomic E-state index is 1.13. The molecular formula is CH6BO3P. The van der Waals surface area contributed by atoms with E-state index < -0.39 is 7.47 Å². The SMILES string of the molecule is BP(=O)(O)OC. The lowest BCUT2D eigenvalue weighted by molar-refractivity contribution is 0.334. The summed E-state index contributed by atoms with van der Waals surface area (Å²) >= 11 is 0. The van der Waals surface area contributed by atoms with Crippen LogP contribution in [0, 0.1) is 0 Å². The summed E-state index contributed by atoms with van der Waals surface area (Å²) in [5, 5.41) is 0.